The molecule has 2 aliphatic rings. The molecule has 7 heteroatoms. The summed E-state index contributed by atoms with van der Waals surface area (Å²) in [6.45, 7) is 14.8. The number of imide groups is 1. The van der Waals surface area contributed by atoms with Gasteiger partial charge < -0.3 is 9.64 Å². The lowest BCUT2D eigenvalue weighted by Gasteiger charge is -2.50. The second-order valence-corrected chi connectivity index (χ2v) is 10.4. The summed E-state index contributed by atoms with van der Waals surface area (Å²) < 4.78 is 4.70. The van der Waals surface area contributed by atoms with Crippen LogP contribution in [0.25, 0.3) is 6.08 Å². The Morgan fingerprint density at radius 1 is 1.26 bits per heavy atom. The first-order chi connectivity index (χ1) is 14.4. The number of carbonyl (C=O) groups is 3. The quantitative estimate of drug-likeness (QED) is 0.476. The Bertz CT molecular complexity index is 967. The highest BCUT2D eigenvalue weighted by Gasteiger charge is 2.42. The third-order valence-corrected chi connectivity index (χ3v) is 7.10. The predicted octanol–water partition coefficient (Wildman–Crippen LogP) is 5.09. The van der Waals surface area contributed by atoms with Crippen LogP contribution in [0.2, 0.25) is 0 Å². The Balaban J connectivity index is 2.02. The molecule has 1 aromatic rings. The van der Waals surface area contributed by atoms with Crippen molar-refractivity contribution in [2.45, 2.75) is 78.4 Å². The molecule has 0 radical (unpaired) electrons. The molecule has 2 atom stereocenters. The molecule has 1 saturated heterocycles. The van der Waals surface area contributed by atoms with Gasteiger partial charge in [-0.3, -0.25) is 14.5 Å². The van der Waals surface area contributed by atoms with E-state index in [0.717, 1.165) is 34.2 Å². The maximum atomic E-state index is 12.9. The maximum Gasteiger partial charge on any atom is 0.328 e. The molecule has 0 spiro atoms. The summed E-state index contributed by atoms with van der Waals surface area (Å²) in [5.74, 6) is -0.691. The number of esters is 1. The van der Waals surface area contributed by atoms with E-state index in [-0.39, 0.29) is 5.54 Å². The average Bonchev–Trinajstić information content (AvgIpc) is 2.93. The van der Waals surface area contributed by atoms with E-state index in [1.54, 1.807) is 6.08 Å². The number of thioether (sulfide) groups is 1. The third-order valence-electron chi connectivity index (χ3n) is 6.22. The molecule has 1 aromatic carbocycles. The van der Waals surface area contributed by atoms with Gasteiger partial charge in [0, 0.05) is 17.3 Å². The van der Waals surface area contributed by atoms with Gasteiger partial charge in [0.2, 0.25) is 0 Å². The fraction of sp³-hybridized carbons (Fsp3) is 0.542. The van der Waals surface area contributed by atoms with Crippen molar-refractivity contribution in [1.82, 2.24) is 4.90 Å². The first-order valence-electron chi connectivity index (χ1n) is 10.7. The van der Waals surface area contributed by atoms with E-state index >= 15 is 0 Å². The van der Waals surface area contributed by atoms with Crippen LogP contribution in [0.15, 0.2) is 17.0 Å². The summed E-state index contributed by atoms with van der Waals surface area (Å²) in [6.07, 6.45) is 2.81. The number of fused-ring (bicyclic) bond motifs is 1. The number of nitrogens with zero attached hydrogens (tertiary/aromatic N) is 2. The fourth-order valence-corrected chi connectivity index (χ4v) is 5.88. The molecule has 1 fully saturated rings. The van der Waals surface area contributed by atoms with Crippen LogP contribution in [0.4, 0.5) is 10.5 Å². The lowest BCUT2D eigenvalue weighted by molar-refractivity contribution is -0.148. The number of hydrogen-bond acceptors (Lipinski definition) is 6. The number of hydrogen-bond donors (Lipinski definition) is 0. The van der Waals surface area contributed by atoms with E-state index in [9.17, 15) is 14.4 Å². The minimum Gasteiger partial charge on any atom is -0.467 e. The van der Waals surface area contributed by atoms with Gasteiger partial charge in [-0.1, -0.05) is 6.92 Å². The number of benzene rings is 1. The summed E-state index contributed by atoms with van der Waals surface area (Å²) in [5.41, 5.74) is 4.52. The van der Waals surface area contributed by atoms with Crippen LogP contribution in [0.1, 0.15) is 70.6 Å². The topological polar surface area (TPSA) is 66.9 Å². The molecule has 0 aromatic heterocycles. The minimum atomic E-state index is -0.949. The Labute approximate surface area is 189 Å². The number of aryl methyl sites for hydroxylation is 1. The van der Waals surface area contributed by atoms with Crippen LogP contribution >= 0.6 is 11.8 Å². The van der Waals surface area contributed by atoms with E-state index in [1.807, 2.05) is 6.92 Å². The number of methoxy groups -OCH3 is 1. The number of carbonyl (C=O) groups excluding carboxylic acids is 3. The molecule has 0 unspecified atom stereocenters. The van der Waals surface area contributed by atoms with Crippen LogP contribution in [0.5, 0.6) is 0 Å². The van der Waals surface area contributed by atoms with Gasteiger partial charge in [0.05, 0.1) is 12.0 Å². The zero-order valence-electron chi connectivity index (χ0n) is 19.6. The van der Waals surface area contributed by atoms with Crippen molar-refractivity contribution < 1.29 is 19.1 Å². The van der Waals surface area contributed by atoms with E-state index in [0.29, 0.717) is 16.9 Å². The molecule has 2 amide bonds. The van der Waals surface area contributed by atoms with E-state index in [2.05, 4.69) is 51.7 Å². The Morgan fingerprint density at radius 3 is 2.48 bits per heavy atom. The molecule has 2 heterocycles. The summed E-state index contributed by atoms with van der Waals surface area (Å²) in [7, 11) is 1.24. The molecule has 0 aliphatic carbocycles. The normalized spacial score (nSPS) is 22.9. The summed E-state index contributed by atoms with van der Waals surface area (Å²) in [4.78, 5) is 40.9. The number of anilines is 1. The van der Waals surface area contributed by atoms with Gasteiger partial charge >= 0.3 is 5.97 Å². The smallest absolute Gasteiger partial charge is 0.328 e. The number of rotatable bonds is 4. The van der Waals surface area contributed by atoms with Gasteiger partial charge in [-0.15, -0.1) is 0 Å². The molecule has 3 rings (SSSR count). The fourth-order valence-electron chi connectivity index (χ4n) is 4.98. The van der Waals surface area contributed by atoms with E-state index < -0.39 is 23.2 Å². The molecular weight excluding hydrogens is 412 g/mol. The lowest BCUT2D eigenvalue weighted by atomic mass is 9.78. The highest BCUT2D eigenvalue weighted by atomic mass is 32.2. The van der Waals surface area contributed by atoms with Gasteiger partial charge in [0.15, 0.2) is 0 Å². The molecule has 2 aliphatic heterocycles. The van der Waals surface area contributed by atoms with Crippen molar-refractivity contribution in [3.05, 3.63) is 33.7 Å². The Hall–Kier alpha value is -2.28. The maximum absolute atomic E-state index is 12.9. The standard InChI is InChI=1S/C24H32N2O4S/c1-13(2)26-19-9-14(3)17(10-18(19)15(4)12-24(26,6)7)11-20-21(27)25(23(29)31-20)16(5)22(28)30-8/h9-11,13,15-16H,12H2,1-8H3/b20-11+/t15-,16+/m1/s1. The Morgan fingerprint density at radius 2 is 1.90 bits per heavy atom. The zero-order valence-corrected chi connectivity index (χ0v) is 20.4. The van der Waals surface area contributed by atoms with E-state index in [4.69, 9.17) is 4.74 Å². The molecule has 168 valence electrons. The van der Waals surface area contributed by atoms with Crippen LogP contribution in [0, 0.1) is 6.92 Å². The van der Waals surface area contributed by atoms with Crippen LogP contribution in [-0.2, 0) is 14.3 Å². The third kappa shape index (κ3) is 4.12. The summed E-state index contributed by atoms with van der Waals surface area (Å²) >= 11 is 0.865. The minimum absolute atomic E-state index is 0.0568. The summed E-state index contributed by atoms with van der Waals surface area (Å²) in [5, 5.41) is -0.453. The second-order valence-electron chi connectivity index (χ2n) is 9.40. The summed E-state index contributed by atoms with van der Waals surface area (Å²) in [6, 6.07) is 3.76. The van der Waals surface area contributed by atoms with Crippen LogP contribution in [-0.4, -0.2) is 46.7 Å². The highest BCUT2D eigenvalue weighted by Crippen LogP contribution is 2.46. The predicted molar refractivity (Wildman–Crippen MR) is 125 cm³/mol. The van der Waals surface area contributed by atoms with Crippen LogP contribution < -0.4 is 4.90 Å². The Kier molecular flexibility index (Phi) is 6.29. The molecule has 0 N–H and O–H groups in total. The first-order valence-corrected chi connectivity index (χ1v) is 11.5. The molecule has 31 heavy (non-hydrogen) atoms. The van der Waals surface area contributed by atoms with Crippen molar-refractivity contribution in [2.24, 2.45) is 0 Å². The molecular formula is C24H32N2O4S. The van der Waals surface area contributed by atoms with Gasteiger partial charge in [0.1, 0.15) is 6.04 Å². The molecule has 0 saturated carbocycles. The SMILES string of the molecule is COC(=O)[C@H](C)N1C(=O)S/C(=C/c2cc3c(cc2C)N(C(C)C)C(C)(C)C[C@H]3C)C1=O. The number of ether oxygens (including phenoxy) is 1. The van der Waals surface area contributed by atoms with E-state index in [1.165, 1.54) is 25.3 Å². The van der Waals surface area contributed by atoms with Gasteiger partial charge in [-0.25, -0.2) is 4.79 Å². The zero-order chi connectivity index (χ0) is 23.2. The second kappa shape index (κ2) is 8.34. The van der Waals surface area contributed by atoms with Crippen molar-refractivity contribution in [2.75, 3.05) is 12.0 Å². The van der Waals surface area contributed by atoms with Gasteiger partial charge in [-0.05, 0) is 101 Å². The average molecular weight is 445 g/mol. The molecule has 6 nitrogen and oxygen atoms in total. The lowest BCUT2D eigenvalue weighted by Crippen LogP contribution is -2.51. The van der Waals surface area contributed by atoms with Crippen LogP contribution in [0.3, 0.4) is 0 Å². The number of amides is 2. The monoisotopic (exact) mass is 444 g/mol. The first kappa shape index (κ1) is 23.4. The molecule has 0 bridgehead atoms. The highest BCUT2D eigenvalue weighted by molar-refractivity contribution is 8.18. The van der Waals surface area contributed by atoms with Gasteiger partial charge in [0.25, 0.3) is 11.1 Å². The largest absolute Gasteiger partial charge is 0.467 e. The van der Waals surface area contributed by atoms with Gasteiger partial charge in [-0.2, -0.15) is 0 Å². The van der Waals surface area contributed by atoms with Crippen molar-refractivity contribution >= 4 is 40.6 Å². The van der Waals surface area contributed by atoms with Crippen molar-refractivity contribution in [1.29, 1.82) is 0 Å². The van der Waals surface area contributed by atoms with Crippen molar-refractivity contribution in [3.8, 4) is 0 Å². The van der Waals surface area contributed by atoms with Crippen molar-refractivity contribution in [3.63, 3.8) is 0 Å².